The van der Waals surface area contributed by atoms with Crippen molar-refractivity contribution >= 4 is 5.69 Å². The van der Waals surface area contributed by atoms with Gasteiger partial charge in [0.25, 0.3) is 0 Å². The van der Waals surface area contributed by atoms with Crippen LogP contribution >= 0.6 is 0 Å². The number of nitrogens with zero attached hydrogens (tertiary/aromatic N) is 2. The summed E-state index contributed by atoms with van der Waals surface area (Å²) in [7, 11) is 0. The molecule has 0 unspecified atom stereocenters. The number of alkyl halides is 3. The monoisotopic (exact) mass is 414 g/mol. The summed E-state index contributed by atoms with van der Waals surface area (Å²) in [5.41, 5.74) is 1.14. The molecule has 0 amide bonds. The summed E-state index contributed by atoms with van der Waals surface area (Å²) in [5, 5.41) is 0. The van der Waals surface area contributed by atoms with Crippen LogP contribution in [0.15, 0.2) is 71.1 Å². The molecule has 0 aliphatic carbocycles. The molecule has 158 valence electrons. The average Bonchev–Trinajstić information content (AvgIpc) is 3.23. The first-order valence-electron chi connectivity index (χ1n) is 10.3. The lowest BCUT2D eigenvalue weighted by Gasteiger charge is -2.36. The van der Waals surface area contributed by atoms with E-state index in [0.717, 1.165) is 68.7 Å². The van der Waals surface area contributed by atoms with Gasteiger partial charge in [0.05, 0.1) is 5.56 Å². The van der Waals surface area contributed by atoms with Gasteiger partial charge in [-0.2, -0.15) is 13.2 Å². The van der Waals surface area contributed by atoms with Crippen LogP contribution in [0, 0.1) is 0 Å². The number of anilines is 1. The first kappa shape index (κ1) is 20.5. The fraction of sp³-hybridized carbons (Fsp3) is 0.333. The number of aryl methyl sites for hydroxylation is 1. The zero-order valence-corrected chi connectivity index (χ0v) is 16.7. The van der Waals surface area contributed by atoms with Crippen molar-refractivity contribution < 1.29 is 17.6 Å². The molecule has 2 aromatic carbocycles. The highest BCUT2D eigenvalue weighted by Gasteiger charge is 2.31. The van der Waals surface area contributed by atoms with Crippen molar-refractivity contribution in [1.82, 2.24) is 4.90 Å². The Labute approximate surface area is 174 Å². The summed E-state index contributed by atoms with van der Waals surface area (Å²) in [6, 6.07) is 19.7. The second-order valence-electron chi connectivity index (χ2n) is 7.61. The number of halogens is 3. The summed E-state index contributed by atoms with van der Waals surface area (Å²) in [6.07, 6.45) is -2.43. The Bertz CT molecular complexity index is 944. The van der Waals surface area contributed by atoms with Gasteiger partial charge in [0.2, 0.25) is 0 Å². The zero-order valence-electron chi connectivity index (χ0n) is 16.7. The molecule has 0 atom stereocenters. The van der Waals surface area contributed by atoms with E-state index in [1.165, 1.54) is 12.1 Å². The fourth-order valence-electron chi connectivity index (χ4n) is 3.86. The first-order valence-corrected chi connectivity index (χ1v) is 10.3. The fourth-order valence-corrected chi connectivity index (χ4v) is 3.86. The third-order valence-corrected chi connectivity index (χ3v) is 5.53. The molecule has 0 radical (unpaired) electrons. The summed E-state index contributed by atoms with van der Waals surface area (Å²) >= 11 is 0. The molecule has 3 aromatic rings. The molecule has 0 N–H and O–H groups in total. The topological polar surface area (TPSA) is 19.6 Å². The standard InChI is InChI=1S/C24H25F3N2O/c25-24(26,27)20-8-4-9-21(18-20)29-16-14-28(15-17-29)13-5-10-22-11-12-23(30-22)19-6-2-1-3-7-19/h1-4,6-9,11-12,18H,5,10,13-17H2. The Kier molecular flexibility index (Phi) is 6.13. The molecule has 0 spiro atoms. The van der Waals surface area contributed by atoms with Crippen LogP contribution in [0.2, 0.25) is 0 Å². The molecule has 1 aliphatic heterocycles. The molecule has 2 heterocycles. The molecule has 4 rings (SSSR count). The number of hydrogen-bond donors (Lipinski definition) is 0. The number of benzene rings is 2. The quantitative estimate of drug-likeness (QED) is 0.514. The summed E-state index contributed by atoms with van der Waals surface area (Å²) in [6.45, 7) is 4.13. The predicted octanol–water partition coefficient (Wildman–Crippen LogP) is 5.72. The van der Waals surface area contributed by atoms with Crippen LogP contribution in [0.1, 0.15) is 17.7 Å². The molecule has 1 fully saturated rings. The Hall–Kier alpha value is -2.73. The van der Waals surface area contributed by atoms with E-state index < -0.39 is 11.7 Å². The smallest absolute Gasteiger partial charge is 0.416 e. The van der Waals surface area contributed by atoms with Crippen LogP contribution in [-0.2, 0) is 12.6 Å². The number of furan rings is 1. The van der Waals surface area contributed by atoms with E-state index in [2.05, 4.69) is 4.90 Å². The van der Waals surface area contributed by atoms with E-state index in [4.69, 9.17) is 4.42 Å². The highest BCUT2D eigenvalue weighted by Crippen LogP contribution is 2.32. The molecule has 30 heavy (non-hydrogen) atoms. The van der Waals surface area contributed by atoms with Gasteiger partial charge in [0.15, 0.2) is 0 Å². The minimum Gasteiger partial charge on any atom is -0.461 e. The van der Waals surface area contributed by atoms with Crippen molar-refractivity contribution in [3.63, 3.8) is 0 Å². The van der Waals surface area contributed by atoms with Gasteiger partial charge in [0.1, 0.15) is 11.5 Å². The van der Waals surface area contributed by atoms with Crippen molar-refractivity contribution in [2.24, 2.45) is 0 Å². The SMILES string of the molecule is FC(F)(F)c1cccc(N2CCN(CCCc3ccc(-c4ccccc4)o3)CC2)c1. The van der Waals surface area contributed by atoms with Crippen molar-refractivity contribution in [2.75, 3.05) is 37.6 Å². The van der Waals surface area contributed by atoms with E-state index in [9.17, 15) is 13.2 Å². The van der Waals surface area contributed by atoms with Gasteiger partial charge in [0, 0.05) is 43.9 Å². The van der Waals surface area contributed by atoms with Crippen molar-refractivity contribution in [1.29, 1.82) is 0 Å². The Balaban J connectivity index is 1.24. The maximum atomic E-state index is 12.9. The van der Waals surface area contributed by atoms with Crippen LogP contribution in [0.3, 0.4) is 0 Å². The third kappa shape index (κ3) is 5.05. The highest BCUT2D eigenvalue weighted by molar-refractivity contribution is 5.57. The van der Waals surface area contributed by atoms with E-state index in [1.807, 2.05) is 47.4 Å². The Morgan fingerprint density at radius 1 is 0.833 bits per heavy atom. The lowest BCUT2D eigenvalue weighted by Crippen LogP contribution is -2.46. The predicted molar refractivity (Wildman–Crippen MR) is 113 cm³/mol. The lowest BCUT2D eigenvalue weighted by molar-refractivity contribution is -0.137. The van der Waals surface area contributed by atoms with E-state index in [1.54, 1.807) is 6.07 Å². The molecule has 0 bridgehead atoms. The summed E-state index contributed by atoms with van der Waals surface area (Å²) in [5.74, 6) is 1.87. The molecular weight excluding hydrogens is 389 g/mol. The van der Waals surface area contributed by atoms with E-state index in [0.29, 0.717) is 5.69 Å². The van der Waals surface area contributed by atoms with Crippen LogP contribution in [0.4, 0.5) is 18.9 Å². The minimum atomic E-state index is -4.30. The highest BCUT2D eigenvalue weighted by atomic mass is 19.4. The minimum absolute atomic E-state index is 0.587. The first-order chi connectivity index (χ1) is 14.5. The summed E-state index contributed by atoms with van der Waals surface area (Å²) in [4.78, 5) is 4.40. The molecule has 0 saturated carbocycles. The third-order valence-electron chi connectivity index (χ3n) is 5.53. The second kappa shape index (κ2) is 8.96. The van der Waals surface area contributed by atoms with E-state index >= 15 is 0 Å². The normalized spacial score (nSPS) is 15.5. The molecule has 1 aliphatic rings. The Morgan fingerprint density at radius 2 is 1.60 bits per heavy atom. The number of rotatable bonds is 6. The van der Waals surface area contributed by atoms with Gasteiger partial charge in [-0.15, -0.1) is 0 Å². The van der Waals surface area contributed by atoms with Gasteiger partial charge in [-0.3, -0.25) is 4.90 Å². The molecular formula is C24H25F3N2O. The van der Waals surface area contributed by atoms with Crippen LogP contribution in [0.5, 0.6) is 0 Å². The van der Waals surface area contributed by atoms with Gasteiger partial charge in [-0.05, 0) is 43.3 Å². The van der Waals surface area contributed by atoms with Crippen molar-refractivity contribution in [3.8, 4) is 11.3 Å². The van der Waals surface area contributed by atoms with Gasteiger partial charge in [-0.25, -0.2) is 0 Å². The summed E-state index contributed by atoms with van der Waals surface area (Å²) < 4.78 is 44.8. The molecule has 3 nitrogen and oxygen atoms in total. The number of hydrogen-bond acceptors (Lipinski definition) is 3. The molecule has 1 aromatic heterocycles. The van der Waals surface area contributed by atoms with E-state index in [-0.39, 0.29) is 0 Å². The lowest BCUT2D eigenvalue weighted by atomic mass is 10.1. The molecule has 1 saturated heterocycles. The Morgan fingerprint density at radius 3 is 2.33 bits per heavy atom. The maximum absolute atomic E-state index is 12.9. The second-order valence-corrected chi connectivity index (χ2v) is 7.61. The zero-order chi connectivity index (χ0) is 21.0. The van der Waals surface area contributed by atoms with Crippen LogP contribution in [0.25, 0.3) is 11.3 Å². The average molecular weight is 414 g/mol. The van der Waals surface area contributed by atoms with Gasteiger partial charge < -0.3 is 9.32 Å². The largest absolute Gasteiger partial charge is 0.461 e. The maximum Gasteiger partial charge on any atom is 0.416 e. The van der Waals surface area contributed by atoms with Crippen LogP contribution < -0.4 is 4.90 Å². The van der Waals surface area contributed by atoms with Gasteiger partial charge >= 0.3 is 6.18 Å². The van der Waals surface area contributed by atoms with Crippen LogP contribution in [-0.4, -0.2) is 37.6 Å². The number of piperazine rings is 1. The van der Waals surface area contributed by atoms with Crippen molar-refractivity contribution in [2.45, 2.75) is 19.0 Å². The van der Waals surface area contributed by atoms with Crippen molar-refractivity contribution in [3.05, 3.63) is 78.1 Å². The van der Waals surface area contributed by atoms with Gasteiger partial charge in [-0.1, -0.05) is 36.4 Å². The molecule has 6 heteroatoms.